The molecule has 1 amide bonds. The molecule has 0 spiro atoms. The van der Waals surface area contributed by atoms with Gasteiger partial charge in [-0.2, -0.15) is 0 Å². The van der Waals surface area contributed by atoms with Crippen molar-refractivity contribution in [2.24, 2.45) is 5.73 Å². The maximum atomic E-state index is 11.3. The number of hydrogen-bond donors (Lipinski definition) is 1. The maximum absolute atomic E-state index is 11.3. The molecule has 0 fully saturated rings. The molecule has 0 unspecified atom stereocenters. The monoisotopic (exact) mass is 337 g/mol. The molecule has 2 aromatic rings. The largest absolute Gasteiger partial charge is 0.366 e. The van der Waals surface area contributed by atoms with Crippen LogP contribution in [0.5, 0.6) is 0 Å². The molecule has 0 aliphatic heterocycles. The summed E-state index contributed by atoms with van der Waals surface area (Å²) in [7, 11) is 0. The number of hydrogen-bond acceptors (Lipinski definition) is 2. The number of fused-ring (bicyclic) bond motifs is 1. The van der Waals surface area contributed by atoms with E-state index < -0.39 is 0 Å². The Labute approximate surface area is 147 Å². The first-order chi connectivity index (χ1) is 11.6. The van der Waals surface area contributed by atoms with Crippen LogP contribution in [0.15, 0.2) is 67.3 Å². The maximum Gasteiger partial charge on any atom is 0.248 e. The summed E-state index contributed by atoms with van der Waals surface area (Å²) in [6.07, 6.45) is 15.7. The Morgan fingerprint density at radius 1 is 1.21 bits per heavy atom. The zero-order chi connectivity index (χ0) is 17.4. The highest BCUT2D eigenvalue weighted by Crippen LogP contribution is 2.31. The van der Waals surface area contributed by atoms with Gasteiger partial charge >= 0.3 is 0 Å². The topological polar surface area (TPSA) is 43.1 Å². The van der Waals surface area contributed by atoms with Crippen LogP contribution in [-0.2, 0) is 0 Å². The Morgan fingerprint density at radius 3 is 2.79 bits per heavy atom. The van der Waals surface area contributed by atoms with Crippen LogP contribution in [0.4, 0.5) is 0 Å². The highest BCUT2D eigenvalue weighted by molar-refractivity contribution is 7.20. The van der Waals surface area contributed by atoms with Crippen LogP contribution in [0.25, 0.3) is 15.7 Å². The summed E-state index contributed by atoms with van der Waals surface area (Å²) < 4.78 is 1.16. The third-order valence-electron chi connectivity index (χ3n) is 3.67. The molecule has 24 heavy (non-hydrogen) atoms. The predicted molar refractivity (Wildman–Crippen MR) is 106 cm³/mol. The van der Waals surface area contributed by atoms with Gasteiger partial charge in [0.1, 0.15) is 0 Å². The third kappa shape index (κ3) is 5.07. The lowest BCUT2D eigenvalue weighted by Crippen LogP contribution is -2.10. The minimum atomic E-state index is -0.389. The molecule has 0 saturated carbocycles. The van der Waals surface area contributed by atoms with Gasteiger partial charge in [0.15, 0.2) is 0 Å². The van der Waals surface area contributed by atoms with E-state index in [0.717, 1.165) is 29.3 Å². The number of nitrogens with two attached hydrogens (primary N) is 1. The van der Waals surface area contributed by atoms with Gasteiger partial charge in [-0.1, -0.05) is 36.5 Å². The molecule has 0 bridgehead atoms. The third-order valence-corrected chi connectivity index (χ3v) is 4.92. The number of primary amides is 1. The fraction of sp³-hybridized carbons (Fsp3) is 0.190. The molecule has 0 saturated heterocycles. The molecule has 0 radical (unpaired) electrons. The lowest BCUT2D eigenvalue weighted by molar-refractivity contribution is 0.100. The number of allylic oxidation sites excluding steroid dienone is 7. The first-order valence-corrected chi connectivity index (χ1v) is 8.88. The Balaban J connectivity index is 2.03. The molecule has 1 aromatic heterocycles. The minimum absolute atomic E-state index is 0.389. The van der Waals surface area contributed by atoms with Crippen LogP contribution in [-0.4, -0.2) is 5.91 Å². The van der Waals surface area contributed by atoms with Crippen molar-refractivity contribution in [3.05, 3.63) is 77.7 Å². The van der Waals surface area contributed by atoms with Crippen molar-refractivity contribution in [3.63, 3.8) is 0 Å². The fourth-order valence-corrected chi connectivity index (χ4v) is 3.32. The van der Waals surface area contributed by atoms with Crippen LogP contribution in [0, 0.1) is 0 Å². The highest BCUT2D eigenvalue weighted by Gasteiger charge is 2.06. The molecule has 3 heteroatoms. The molecule has 1 heterocycles. The van der Waals surface area contributed by atoms with E-state index in [0.29, 0.717) is 5.56 Å². The summed E-state index contributed by atoms with van der Waals surface area (Å²) in [5.74, 6) is -0.389. The van der Waals surface area contributed by atoms with E-state index in [4.69, 9.17) is 5.73 Å². The molecule has 2 nitrogen and oxygen atoms in total. The Kier molecular flexibility index (Phi) is 6.76. The summed E-state index contributed by atoms with van der Waals surface area (Å²) in [4.78, 5) is 12.5. The van der Waals surface area contributed by atoms with Gasteiger partial charge < -0.3 is 5.73 Å². The second-order valence-corrected chi connectivity index (χ2v) is 6.69. The fourth-order valence-electron chi connectivity index (χ4n) is 2.29. The van der Waals surface area contributed by atoms with Crippen molar-refractivity contribution in [1.82, 2.24) is 0 Å². The molecule has 2 rings (SSSR count). The smallest absolute Gasteiger partial charge is 0.248 e. The second-order valence-electron chi connectivity index (χ2n) is 5.61. The van der Waals surface area contributed by atoms with Gasteiger partial charge in [-0.25, -0.2) is 0 Å². The number of unbranched alkanes of at least 4 members (excludes halogenated alkanes) is 2. The number of benzene rings is 1. The van der Waals surface area contributed by atoms with E-state index in [1.165, 1.54) is 10.5 Å². The average molecular weight is 337 g/mol. The van der Waals surface area contributed by atoms with Crippen molar-refractivity contribution in [2.45, 2.75) is 26.2 Å². The van der Waals surface area contributed by atoms with Crippen LogP contribution in [0.1, 0.15) is 41.4 Å². The first kappa shape index (κ1) is 18.0. The Morgan fingerprint density at radius 2 is 2.04 bits per heavy atom. The average Bonchev–Trinajstić information content (AvgIpc) is 3.00. The zero-order valence-corrected chi connectivity index (χ0v) is 14.8. The summed E-state index contributed by atoms with van der Waals surface area (Å²) in [5, 5.41) is 1.06. The quantitative estimate of drug-likeness (QED) is 0.365. The van der Waals surface area contributed by atoms with E-state index in [1.807, 2.05) is 18.2 Å². The van der Waals surface area contributed by atoms with E-state index in [9.17, 15) is 4.79 Å². The van der Waals surface area contributed by atoms with Crippen molar-refractivity contribution >= 4 is 32.9 Å². The van der Waals surface area contributed by atoms with E-state index in [1.54, 1.807) is 17.4 Å². The molecule has 0 aliphatic rings. The molecular weight excluding hydrogens is 314 g/mol. The number of amides is 1. The van der Waals surface area contributed by atoms with Crippen LogP contribution < -0.4 is 5.73 Å². The number of rotatable bonds is 8. The molecular formula is C21H23NOS. The van der Waals surface area contributed by atoms with Crippen molar-refractivity contribution < 1.29 is 4.79 Å². The molecule has 124 valence electrons. The van der Waals surface area contributed by atoms with Gasteiger partial charge in [-0.15, -0.1) is 17.9 Å². The van der Waals surface area contributed by atoms with Crippen LogP contribution >= 0.6 is 11.3 Å². The predicted octanol–water partition coefficient (Wildman–Crippen LogP) is 5.87. The molecule has 0 atom stereocenters. The first-order valence-electron chi connectivity index (χ1n) is 8.06. The minimum Gasteiger partial charge on any atom is -0.366 e. The summed E-state index contributed by atoms with van der Waals surface area (Å²) in [6.45, 7) is 5.81. The summed E-state index contributed by atoms with van der Waals surface area (Å²) >= 11 is 1.72. The molecule has 0 aliphatic carbocycles. The van der Waals surface area contributed by atoms with Gasteiger partial charge in [0.05, 0.1) is 0 Å². The molecule has 2 N–H and O–H groups in total. The van der Waals surface area contributed by atoms with E-state index in [2.05, 4.69) is 49.9 Å². The number of carbonyl (C=O) groups is 1. The van der Waals surface area contributed by atoms with Gasteiger partial charge in [0, 0.05) is 15.1 Å². The van der Waals surface area contributed by atoms with Crippen molar-refractivity contribution in [3.8, 4) is 0 Å². The normalized spacial score (nSPS) is 12.5. The van der Waals surface area contributed by atoms with Gasteiger partial charge in [0.2, 0.25) is 5.91 Å². The zero-order valence-electron chi connectivity index (χ0n) is 14.0. The number of thiophene rings is 1. The van der Waals surface area contributed by atoms with Gasteiger partial charge in [0.25, 0.3) is 0 Å². The number of carbonyl (C=O) groups excluding carboxylic acids is 1. The summed E-state index contributed by atoms with van der Waals surface area (Å²) in [5.41, 5.74) is 7.09. The highest BCUT2D eigenvalue weighted by atomic mass is 32.1. The van der Waals surface area contributed by atoms with Crippen molar-refractivity contribution in [2.75, 3.05) is 0 Å². The van der Waals surface area contributed by atoms with Gasteiger partial charge in [-0.3, -0.25) is 4.79 Å². The SMILES string of the molecule is C=CCCCC=CC=CC=C(C)c1cc2cc(C(N)=O)ccc2s1. The van der Waals surface area contributed by atoms with E-state index >= 15 is 0 Å². The standard InChI is InChI=1S/C21H23NOS/c1-3-4-5-6-7-8-9-10-11-16(2)20-15-18-14-17(21(22)23)12-13-19(18)24-20/h3,7-15H,1,4-6H2,2H3,(H2,22,23). The van der Waals surface area contributed by atoms with Crippen LogP contribution in [0.3, 0.4) is 0 Å². The molecule has 1 aromatic carbocycles. The van der Waals surface area contributed by atoms with Crippen LogP contribution in [0.2, 0.25) is 0 Å². The summed E-state index contributed by atoms with van der Waals surface area (Å²) in [6, 6.07) is 7.70. The lowest BCUT2D eigenvalue weighted by Gasteiger charge is -1.93. The lowest BCUT2D eigenvalue weighted by atomic mass is 10.1. The second kappa shape index (κ2) is 9.04. The van der Waals surface area contributed by atoms with Gasteiger partial charge in [-0.05, 0) is 61.4 Å². The Bertz CT molecular complexity index is 808. The van der Waals surface area contributed by atoms with Crippen molar-refractivity contribution in [1.29, 1.82) is 0 Å². The van der Waals surface area contributed by atoms with E-state index in [-0.39, 0.29) is 5.91 Å². The Hall–Kier alpha value is -2.39.